The van der Waals surface area contributed by atoms with Crippen LogP contribution in [0.3, 0.4) is 0 Å². The van der Waals surface area contributed by atoms with Gasteiger partial charge in [0.1, 0.15) is 6.54 Å². The van der Waals surface area contributed by atoms with Crippen LogP contribution in [0.15, 0.2) is 0 Å². The van der Waals surface area contributed by atoms with Gasteiger partial charge in [-0.15, -0.1) is 0 Å². The van der Waals surface area contributed by atoms with Gasteiger partial charge in [0.05, 0.1) is 0 Å². The summed E-state index contributed by atoms with van der Waals surface area (Å²) in [6.07, 6.45) is -0.907. The Labute approximate surface area is 139 Å². The highest BCUT2D eigenvalue weighted by atomic mass is 16.4. The molecule has 1 unspecified atom stereocenters. The van der Waals surface area contributed by atoms with Gasteiger partial charge in [-0.25, -0.2) is 4.79 Å². The van der Waals surface area contributed by atoms with Crippen LogP contribution in [0.5, 0.6) is 0 Å². The van der Waals surface area contributed by atoms with Crippen LogP contribution in [0.1, 0.15) is 27.2 Å². The molecule has 0 aliphatic heterocycles. The third-order valence-electron chi connectivity index (χ3n) is 1.46. The van der Waals surface area contributed by atoms with Crippen LogP contribution < -0.4 is 11.5 Å². The third-order valence-corrected chi connectivity index (χ3v) is 1.46. The summed E-state index contributed by atoms with van der Waals surface area (Å²) in [6.45, 7) is 3.77. The molecule has 24 heavy (non-hydrogen) atoms. The topological polar surface area (TPSA) is 228 Å². The van der Waals surface area contributed by atoms with Crippen LogP contribution in [-0.2, 0) is 19.2 Å². The SMILES string of the molecule is CC(=O)O.CC(N)=O.CCC(O)C(=O)O.CN(CC(=O)O)C(=N)N. The molecular weight excluding hydrogens is 328 g/mol. The molecular formula is C12H26N4O8. The Hall–Kier alpha value is -2.89. The van der Waals surface area contributed by atoms with E-state index in [0.717, 1.165) is 11.8 Å². The molecule has 0 heterocycles. The lowest BCUT2D eigenvalue weighted by Crippen LogP contribution is -2.36. The van der Waals surface area contributed by atoms with Gasteiger partial charge >= 0.3 is 11.9 Å². The molecule has 0 aliphatic rings. The van der Waals surface area contributed by atoms with E-state index in [9.17, 15) is 14.4 Å². The van der Waals surface area contributed by atoms with E-state index in [-0.39, 0.29) is 24.8 Å². The Balaban J connectivity index is -0.000000119. The van der Waals surface area contributed by atoms with Gasteiger partial charge in [0, 0.05) is 20.9 Å². The summed E-state index contributed by atoms with van der Waals surface area (Å²) < 4.78 is 0. The number of carboxylic acid groups (broad SMARTS) is 3. The normalized spacial score (nSPS) is 9.21. The lowest BCUT2D eigenvalue weighted by molar-refractivity contribution is -0.146. The minimum atomic E-state index is -1.18. The van der Waals surface area contributed by atoms with Crippen molar-refractivity contribution in [3.63, 3.8) is 0 Å². The fourth-order valence-electron chi connectivity index (χ4n) is 0.463. The molecule has 0 radical (unpaired) electrons. The van der Waals surface area contributed by atoms with Gasteiger partial charge < -0.3 is 36.8 Å². The summed E-state index contributed by atoms with van der Waals surface area (Å²) in [5.74, 6) is -3.55. The van der Waals surface area contributed by atoms with Gasteiger partial charge in [0.15, 0.2) is 12.1 Å². The van der Waals surface area contributed by atoms with E-state index in [1.54, 1.807) is 6.92 Å². The second-order valence-corrected chi connectivity index (χ2v) is 4.03. The molecule has 0 bridgehead atoms. The Morgan fingerprint density at radius 1 is 1.08 bits per heavy atom. The summed E-state index contributed by atoms with van der Waals surface area (Å²) in [4.78, 5) is 39.0. The number of amides is 1. The number of nitrogens with one attached hydrogen (secondary N) is 1. The van der Waals surface area contributed by atoms with Crippen molar-refractivity contribution >= 4 is 29.8 Å². The molecule has 12 heteroatoms. The summed E-state index contributed by atoms with van der Waals surface area (Å²) in [6, 6.07) is 0. The van der Waals surface area contributed by atoms with Crippen molar-refractivity contribution in [3.05, 3.63) is 0 Å². The van der Waals surface area contributed by atoms with Crippen molar-refractivity contribution in [1.29, 1.82) is 5.41 Å². The molecule has 1 atom stereocenters. The molecule has 0 saturated heterocycles. The van der Waals surface area contributed by atoms with Gasteiger partial charge in [-0.2, -0.15) is 0 Å². The van der Waals surface area contributed by atoms with E-state index < -0.39 is 24.0 Å². The van der Waals surface area contributed by atoms with Crippen LogP contribution in [0, 0.1) is 5.41 Å². The van der Waals surface area contributed by atoms with Gasteiger partial charge in [-0.3, -0.25) is 19.8 Å². The number of aliphatic hydroxyl groups is 1. The minimum absolute atomic E-state index is 0.227. The van der Waals surface area contributed by atoms with E-state index in [1.807, 2.05) is 0 Å². The molecule has 0 saturated carbocycles. The highest BCUT2D eigenvalue weighted by molar-refractivity contribution is 5.80. The Morgan fingerprint density at radius 2 is 1.38 bits per heavy atom. The molecule has 142 valence electrons. The molecule has 0 aliphatic carbocycles. The maximum Gasteiger partial charge on any atom is 0.332 e. The fraction of sp³-hybridized carbons (Fsp3) is 0.583. The number of aliphatic hydroxyl groups excluding tert-OH is 1. The van der Waals surface area contributed by atoms with Crippen molar-refractivity contribution in [1.82, 2.24) is 4.90 Å². The summed E-state index contributed by atoms with van der Waals surface area (Å²) in [7, 11) is 1.44. The van der Waals surface area contributed by atoms with Crippen LogP contribution in [0.25, 0.3) is 0 Å². The van der Waals surface area contributed by atoms with Gasteiger partial charge in [0.25, 0.3) is 5.97 Å². The van der Waals surface area contributed by atoms with Gasteiger partial charge in [-0.05, 0) is 6.42 Å². The molecule has 0 rings (SSSR count). The monoisotopic (exact) mass is 354 g/mol. The zero-order valence-corrected chi connectivity index (χ0v) is 14.0. The summed E-state index contributed by atoms with van der Waals surface area (Å²) in [5.41, 5.74) is 9.40. The van der Waals surface area contributed by atoms with E-state index in [4.69, 9.17) is 36.4 Å². The molecule has 9 N–H and O–H groups in total. The van der Waals surface area contributed by atoms with E-state index in [2.05, 4.69) is 5.73 Å². The predicted molar refractivity (Wildman–Crippen MR) is 84.3 cm³/mol. The van der Waals surface area contributed by atoms with Crippen molar-refractivity contribution in [2.24, 2.45) is 11.5 Å². The number of rotatable bonds is 4. The number of guanidine groups is 1. The highest BCUT2D eigenvalue weighted by Crippen LogP contribution is 1.86. The van der Waals surface area contributed by atoms with Crippen molar-refractivity contribution in [2.45, 2.75) is 33.3 Å². The summed E-state index contributed by atoms with van der Waals surface area (Å²) in [5, 5.41) is 38.6. The van der Waals surface area contributed by atoms with E-state index in [1.165, 1.54) is 14.0 Å². The average molecular weight is 354 g/mol. The zero-order chi connectivity index (χ0) is 20.5. The molecule has 0 aromatic carbocycles. The maximum atomic E-state index is 9.92. The summed E-state index contributed by atoms with van der Waals surface area (Å²) >= 11 is 0. The second-order valence-electron chi connectivity index (χ2n) is 4.03. The quantitative estimate of drug-likeness (QED) is 0.224. The first-order valence-corrected chi connectivity index (χ1v) is 6.32. The largest absolute Gasteiger partial charge is 0.481 e. The molecule has 1 amide bonds. The molecule has 0 spiro atoms. The number of nitrogens with two attached hydrogens (primary N) is 2. The Kier molecular flexibility index (Phi) is 22.1. The van der Waals surface area contributed by atoms with Crippen LogP contribution >= 0.6 is 0 Å². The zero-order valence-electron chi connectivity index (χ0n) is 14.0. The van der Waals surface area contributed by atoms with Crippen LogP contribution in [0.4, 0.5) is 0 Å². The van der Waals surface area contributed by atoms with Crippen molar-refractivity contribution in [2.75, 3.05) is 13.6 Å². The molecule has 0 fully saturated rings. The molecule has 0 aromatic rings. The average Bonchev–Trinajstić information content (AvgIpc) is 2.36. The number of carbonyl (C=O) groups excluding carboxylic acids is 1. The van der Waals surface area contributed by atoms with Crippen LogP contribution in [0.2, 0.25) is 0 Å². The minimum Gasteiger partial charge on any atom is -0.481 e. The first-order chi connectivity index (χ1) is 10.7. The first-order valence-electron chi connectivity index (χ1n) is 6.32. The number of nitrogens with zero attached hydrogens (tertiary/aromatic N) is 1. The number of hydrogen-bond acceptors (Lipinski definition) is 6. The lowest BCUT2D eigenvalue weighted by Gasteiger charge is -2.12. The highest BCUT2D eigenvalue weighted by Gasteiger charge is 2.07. The smallest absolute Gasteiger partial charge is 0.332 e. The number of hydrogen-bond donors (Lipinski definition) is 7. The van der Waals surface area contributed by atoms with E-state index >= 15 is 0 Å². The fourth-order valence-corrected chi connectivity index (χ4v) is 0.463. The predicted octanol–water partition coefficient (Wildman–Crippen LogP) is -1.68. The van der Waals surface area contributed by atoms with Crippen LogP contribution in [-0.4, -0.2) is 74.8 Å². The number of carboxylic acids is 3. The van der Waals surface area contributed by atoms with Crippen molar-refractivity contribution in [3.8, 4) is 0 Å². The van der Waals surface area contributed by atoms with E-state index in [0.29, 0.717) is 0 Å². The van der Waals surface area contributed by atoms with Gasteiger partial charge in [-0.1, -0.05) is 6.92 Å². The number of aliphatic carboxylic acids is 3. The molecule has 0 aromatic heterocycles. The van der Waals surface area contributed by atoms with Gasteiger partial charge in [0.2, 0.25) is 5.91 Å². The number of likely N-dealkylation sites (N-methyl/N-ethyl adjacent to an activating group) is 1. The Bertz CT molecular complexity index is 394. The Morgan fingerprint density at radius 3 is 1.42 bits per heavy atom. The lowest BCUT2D eigenvalue weighted by atomic mass is 10.3. The number of primary amides is 1. The standard InChI is InChI=1S/C4H9N3O2.C4H8O3.C2H5NO.C2H4O2/c1-7(4(5)6)2-3(8)9;1-2-3(5)4(6)7;2*1-2(3)4/h2H2,1H3,(H3,5,6)(H,8,9);3,5H,2H2,1H3,(H,6,7);1H3,(H2,3,4);1H3,(H,3,4). The third kappa shape index (κ3) is 50.8. The molecule has 12 nitrogen and oxygen atoms in total. The second kappa shape index (κ2) is 18.2. The first kappa shape index (κ1) is 29.2. The van der Waals surface area contributed by atoms with Crippen molar-refractivity contribution < 1.29 is 39.6 Å². The number of carbonyl (C=O) groups is 4. The maximum absolute atomic E-state index is 9.92.